The fourth-order valence-electron chi connectivity index (χ4n) is 1.61. The second kappa shape index (κ2) is 9.19. The summed E-state index contributed by atoms with van der Waals surface area (Å²) in [4.78, 5) is 0. The molecule has 0 spiro atoms. The molecule has 0 amide bonds. The summed E-state index contributed by atoms with van der Waals surface area (Å²) in [7, 11) is 0. The molecule has 0 aliphatic carbocycles. The summed E-state index contributed by atoms with van der Waals surface area (Å²) < 4.78 is 1.74. The van der Waals surface area contributed by atoms with E-state index in [2.05, 4.69) is 56.1 Å². The molecule has 108 valence electrons. The van der Waals surface area contributed by atoms with Gasteiger partial charge < -0.3 is 0 Å². The van der Waals surface area contributed by atoms with Gasteiger partial charge in [0.05, 0.1) is 13.7 Å². The second-order valence-electron chi connectivity index (χ2n) is 4.44. The van der Waals surface area contributed by atoms with Crippen LogP contribution < -0.4 is 0 Å². The van der Waals surface area contributed by atoms with E-state index < -0.39 is 0 Å². The van der Waals surface area contributed by atoms with Crippen LogP contribution in [0.15, 0.2) is 0 Å². The Morgan fingerprint density at radius 3 is 1.06 bits per heavy atom. The zero-order valence-electron chi connectivity index (χ0n) is 11.2. The molecule has 3 atom stereocenters. The first kappa shape index (κ1) is 18.1. The Morgan fingerprint density at radius 2 is 0.889 bits per heavy atom. The smallest absolute Gasteiger partial charge is 0.0641 e. The Morgan fingerprint density at radius 1 is 0.667 bits per heavy atom. The lowest BCUT2D eigenvalue weighted by Gasteiger charge is -2.39. The highest BCUT2D eigenvalue weighted by atomic mass is 32.3. The number of rotatable bonds is 6. The third-order valence-electron chi connectivity index (χ3n) is 3.00. The maximum absolute atomic E-state index is 4.75. The van der Waals surface area contributed by atoms with Crippen LogP contribution in [0.4, 0.5) is 0 Å². The molecule has 1 rings (SSSR count). The number of hydrogen-bond donors (Lipinski definition) is 3. The van der Waals surface area contributed by atoms with Gasteiger partial charge in [-0.05, 0) is 19.3 Å². The third-order valence-corrected chi connectivity index (χ3v) is 11.8. The number of hydrogen-bond acceptors (Lipinski definition) is 6. The maximum atomic E-state index is 4.75. The topological polar surface area (TPSA) is 0 Å². The SMILES string of the molecule is CCC(S)C1SC(C(S)CC)SC(C(S)CC)S1. The molecule has 1 aliphatic heterocycles. The first-order valence-electron chi connectivity index (χ1n) is 6.53. The predicted octanol–water partition coefficient (Wildman–Crippen LogP) is 5.30. The van der Waals surface area contributed by atoms with Crippen LogP contribution in [-0.2, 0) is 0 Å². The van der Waals surface area contributed by atoms with Crippen LogP contribution in [0.5, 0.6) is 0 Å². The molecule has 1 heterocycles. The molecule has 0 saturated carbocycles. The lowest BCUT2D eigenvalue weighted by Crippen LogP contribution is -2.32. The van der Waals surface area contributed by atoms with E-state index in [0.717, 1.165) is 19.3 Å². The summed E-state index contributed by atoms with van der Waals surface area (Å²) in [5, 5.41) is 1.42. The fraction of sp³-hybridized carbons (Fsp3) is 1.00. The Balaban J connectivity index is 2.71. The van der Waals surface area contributed by atoms with Crippen molar-refractivity contribution in [1.29, 1.82) is 0 Å². The summed E-state index contributed by atoms with van der Waals surface area (Å²) in [6, 6.07) is 0. The minimum Gasteiger partial charge on any atom is -0.174 e. The predicted molar refractivity (Wildman–Crippen MR) is 103 cm³/mol. The van der Waals surface area contributed by atoms with Gasteiger partial charge in [0, 0.05) is 15.7 Å². The van der Waals surface area contributed by atoms with Crippen molar-refractivity contribution in [2.45, 2.75) is 69.5 Å². The summed E-state index contributed by atoms with van der Waals surface area (Å²) in [5.41, 5.74) is 0. The Labute approximate surface area is 142 Å². The fourth-order valence-corrected chi connectivity index (χ4v) is 9.47. The summed E-state index contributed by atoms with van der Waals surface area (Å²) in [5.74, 6) is 0. The van der Waals surface area contributed by atoms with Crippen LogP contribution in [0.1, 0.15) is 40.0 Å². The van der Waals surface area contributed by atoms with Crippen LogP contribution in [0, 0.1) is 0 Å². The lowest BCUT2D eigenvalue weighted by molar-refractivity contribution is 0.852. The average Bonchev–Trinajstić information content (AvgIpc) is 2.43. The molecule has 6 heteroatoms. The third kappa shape index (κ3) is 5.14. The molecule has 0 N–H and O–H groups in total. The normalized spacial score (nSPS) is 34.0. The highest BCUT2D eigenvalue weighted by molar-refractivity contribution is 8.34. The van der Waals surface area contributed by atoms with E-state index in [1.54, 1.807) is 0 Å². The first-order chi connectivity index (χ1) is 8.53. The summed E-state index contributed by atoms with van der Waals surface area (Å²) >= 11 is 20.4. The maximum Gasteiger partial charge on any atom is 0.0641 e. The Hall–Kier alpha value is 2.10. The van der Waals surface area contributed by atoms with Gasteiger partial charge in [-0.3, -0.25) is 0 Å². The summed E-state index contributed by atoms with van der Waals surface area (Å²) in [6.45, 7) is 6.67. The number of thiol groups is 3. The monoisotopic (exact) mass is 360 g/mol. The van der Waals surface area contributed by atoms with Crippen molar-refractivity contribution >= 4 is 73.2 Å². The molecule has 0 bridgehead atoms. The first-order valence-corrected chi connectivity index (χ1v) is 10.9. The zero-order chi connectivity index (χ0) is 13.7. The average molecular weight is 361 g/mol. The van der Waals surface area contributed by atoms with E-state index in [1.165, 1.54) is 0 Å². The van der Waals surface area contributed by atoms with E-state index in [9.17, 15) is 0 Å². The highest BCUT2D eigenvalue weighted by Crippen LogP contribution is 2.53. The Bertz CT molecular complexity index is 193. The van der Waals surface area contributed by atoms with Crippen molar-refractivity contribution in [3.05, 3.63) is 0 Å². The largest absolute Gasteiger partial charge is 0.174 e. The molecule has 18 heavy (non-hydrogen) atoms. The molecule has 1 saturated heterocycles. The van der Waals surface area contributed by atoms with Crippen molar-refractivity contribution in [3.8, 4) is 0 Å². The molecule has 1 fully saturated rings. The minimum atomic E-state index is 0.473. The zero-order valence-corrected chi connectivity index (χ0v) is 16.3. The van der Waals surface area contributed by atoms with Gasteiger partial charge in [0.25, 0.3) is 0 Å². The molecule has 0 aromatic heterocycles. The molecular weight excluding hydrogens is 337 g/mol. The molecule has 0 aromatic rings. The van der Waals surface area contributed by atoms with Crippen molar-refractivity contribution in [3.63, 3.8) is 0 Å². The van der Waals surface area contributed by atoms with Crippen LogP contribution in [0.2, 0.25) is 0 Å². The highest BCUT2D eigenvalue weighted by Gasteiger charge is 2.37. The van der Waals surface area contributed by atoms with Crippen LogP contribution in [0.25, 0.3) is 0 Å². The van der Waals surface area contributed by atoms with Gasteiger partial charge in [-0.2, -0.15) is 37.9 Å². The Kier molecular flexibility index (Phi) is 9.26. The van der Waals surface area contributed by atoms with Crippen LogP contribution in [0.3, 0.4) is 0 Å². The summed E-state index contributed by atoms with van der Waals surface area (Å²) in [6.07, 6.45) is 3.39. The quantitative estimate of drug-likeness (QED) is 0.550. The van der Waals surface area contributed by atoms with Crippen molar-refractivity contribution in [2.75, 3.05) is 0 Å². The van der Waals surface area contributed by atoms with Gasteiger partial charge in [-0.15, -0.1) is 35.3 Å². The molecule has 0 radical (unpaired) electrons. The van der Waals surface area contributed by atoms with Gasteiger partial charge in [-0.25, -0.2) is 0 Å². The lowest BCUT2D eigenvalue weighted by atomic mass is 10.3. The van der Waals surface area contributed by atoms with Crippen LogP contribution in [-0.4, -0.2) is 29.5 Å². The van der Waals surface area contributed by atoms with Crippen LogP contribution >= 0.6 is 73.2 Å². The van der Waals surface area contributed by atoms with Crippen molar-refractivity contribution in [1.82, 2.24) is 0 Å². The van der Waals surface area contributed by atoms with Gasteiger partial charge in [0.1, 0.15) is 0 Å². The molecule has 0 aromatic carbocycles. The standard InChI is InChI=1S/C12H24S6/c1-4-7(13)10-16-11(8(14)5-2)18-12(17-10)9(15)6-3/h7-15H,4-6H2,1-3H3. The van der Waals surface area contributed by atoms with Gasteiger partial charge in [0.2, 0.25) is 0 Å². The van der Waals surface area contributed by atoms with Crippen molar-refractivity contribution in [2.24, 2.45) is 0 Å². The van der Waals surface area contributed by atoms with E-state index in [0.29, 0.717) is 29.5 Å². The molecule has 0 nitrogen and oxygen atoms in total. The van der Waals surface area contributed by atoms with E-state index in [4.69, 9.17) is 37.9 Å². The molecule has 3 unspecified atom stereocenters. The van der Waals surface area contributed by atoms with E-state index in [1.807, 2.05) is 0 Å². The van der Waals surface area contributed by atoms with E-state index >= 15 is 0 Å². The van der Waals surface area contributed by atoms with E-state index in [-0.39, 0.29) is 0 Å². The second-order valence-corrected chi connectivity index (χ2v) is 11.2. The number of thioether (sulfide) groups is 3. The molecule has 1 aliphatic rings. The van der Waals surface area contributed by atoms with Gasteiger partial charge >= 0.3 is 0 Å². The van der Waals surface area contributed by atoms with Gasteiger partial charge in [-0.1, -0.05) is 20.8 Å². The van der Waals surface area contributed by atoms with Crippen molar-refractivity contribution < 1.29 is 0 Å². The molecular formula is C12H24S6. The van der Waals surface area contributed by atoms with Gasteiger partial charge in [0.15, 0.2) is 0 Å². The minimum absolute atomic E-state index is 0.473.